The Labute approximate surface area is 257 Å². The molecular formula is C40H34N2O2. The van der Waals surface area contributed by atoms with Crippen LogP contribution in [0.1, 0.15) is 50.9 Å². The summed E-state index contributed by atoms with van der Waals surface area (Å²) in [5.41, 5.74) is 4.82. The van der Waals surface area contributed by atoms with E-state index in [1.807, 2.05) is 12.1 Å². The van der Waals surface area contributed by atoms with Crippen LogP contribution in [0, 0.1) is 19.3 Å². The average Bonchev–Trinajstić information content (AvgIpc) is 3.54. The molecular weight excluding hydrogens is 540 g/mol. The molecule has 2 bridgehead atoms. The molecule has 4 heteroatoms. The first kappa shape index (κ1) is 26.1. The monoisotopic (exact) mass is 574 g/mol. The molecule has 0 radical (unpaired) electrons. The second-order valence-corrected chi connectivity index (χ2v) is 13.3. The number of Topliss-reactive ketones (excluding diaryl/α,β-unsaturated/α-hetero) is 1. The molecule has 3 aliphatic heterocycles. The number of hydrogen-bond donors (Lipinski definition) is 2. The van der Waals surface area contributed by atoms with Gasteiger partial charge in [-0.1, -0.05) is 126 Å². The zero-order chi connectivity index (χ0) is 29.8. The van der Waals surface area contributed by atoms with Crippen LogP contribution in [0.4, 0.5) is 0 Å². The third-order valence-corrected chi connectivity index (χ3v) is 11.1. The highest BCUT2D eigenvalue weighted by atomic mass is 16.3. The Bertz CT molecular complexity index is 2010. The van der Waals surface area contributed by atoms with Crippen molar-refractivity contribution in [2.75, 3.05) is 13.1 Å². The van der Waals surface area contributed by atoms with Gasteiger partial charge in [0.15, 0.2) is 11.5 Å². The van der Waals surface area contributed by atoms with E-state index in [0.29, 0.717) is 13.1 Å². The van der Waals surface area contributed by atoms with Crippen LogP contribution in [0.5, 0.6) is 0 Å². The van der Waals surface area contributed by atoms with Crippen LogP contribution in [0.3, 0.4) is 0 Å². The van der Waals surface area contributed by atoms with Gasteiger partial charge in [-0.2, -0.15) is 0 Å². The number of nitrogens with one attached hydrogen (secondary N) is 1. The fourth-order valence-electron chi connectivity index (χ4n) is 9.35. The molecule has 3 fully saturated rings. The van der Waals surface area contributed by atoms with Crippen molar-refractivity contribution in [2.45, 2.75) is 37.1 Å². The second-order valence-electron chi connectivity index (χ2n) is 13.3. The standard InChI is InChI=1S/C40H34N2O2/c1-25-14-18-27(19-15-25)22-31-23-42-24-38(37(31)43)35(29-20-16-26(2)17-21-29)36(30-8-4-3-5-9-30)41-39(38)32-12-6-10-28-11-7-13-33(34(28)32)40(39,42)44/h3-22,35-36,41,44H,23-24H2,1-2H3/b31-22+/t35-,36-,38+,39-,40-/m0/s1. The maximum absolute atomic E-state index is 15.6. The van der Waals surface area contributed by atoms with Crippen molar-refractivity contribution in [3.8, 4) is 0 Å². The molecule has 6 atom stereocenters. The zero-order valence-corrected chi connectivity index (χ0v) is 24.9. The molecule has 0 aromatic heterocycles. The molecule has 4 aliphatic rings. The van der Waals surface area contributed by atoms with E-state index in [9.17, 15) is 5.11 Å². The number of hydrogen-bond acceptors (Lipinski definition) is 4. The first-order chi connectivity index (χ1) is 21.4. The van der Waals surface area contributed by atoms with Crippen molar-refractivity contribution in [2.24, 2.45) is 5.41 Å². The quantitative estimate of drug-likeness (QED) is 0.230. The summed E-state index contributed by atoms with van der Waals surface area (Å²) in [7, 11) is 0. The highest BCUT2D eigenvalue weighted by molar-refractivity contribution is 6.09. The Hall–Kier alpha value is -4.35. The van der Waals surface area contributed by atoms with Crippen molar-refractivity contribution in [1.29, 1.82) is 0 Å². The van der Waals surface area contributed by atoms with Gasteiger partial charge in [0.1, 0.15) is 5.54 Å². The fraction of sp³-hybridized carbons (Fsp3) is 0.225. The number of benzene rings is 5. The molecule has 1 aliphatic carbocycles. The maximum atomic E-state index is 15.6. The first-order valence-electron chi connectivity index (χ1n) is 15.6. The predicted octanol–water partition coefficient (Wildman–Crippen LogP) is 6.91. The Balaban J connectivity index is 1.38. The van der Waals surface area contributed by atoms with Gasteiger partial charge in [-0.15, -0.1) is 0 Å². The molecule has 9 rings (SSSR count). The van der Waals surface area contributed by atoms with Crippen LogP contribution < -0.4 is 5.32 Å². The number of aliphatic hydroxyl groups is 1. The lowest BCUT2D eigenvalue weighted by atomic mass is 9.57. The summed E-state index contributed by atoms with van der Waals surface area (Å²) in [5.74, 6) is -0.0904. The SMILES string of the molecule is Cc1ccc(/C=C2\CN3C[C@]4(C2=O)[C@@H](c2ccc(C)cc2)[C@H](c2ccccc2)N[C@@]42c4cccc5cccc(c45)[C@@]32O)cc1. The molecule has 0 saturated carbocycles. The summed E-state index contributed by atoms with van der Waals surface area (Å²) in [6, 6.07) is 39.9. The van der Waals surface area contributed by atoms with E-state index in [1.165, 1.54) is 11.1 Å². The molecule has 5 aromatic rings. The summed E-state index contributed by atoms with van der Waals surface area (Å²) >= 11 is 0. The van der Waals surface area contributed by atoms with Crippen LogP contribution in [0.2, 0.25) is 0 Å². The number of ketones is 1. The number of fused-ring (bicyclic) bond motifs is 3. The van der Waals surface area contributed by atoms with E-state index in [-0.39, 0.29) is 17.7 Å². The van der Waals surface area contributed by atoms with Gasteiger partial charge >= 0.3 is 0 Å². The minimum absolute atomic E-state index is 0.131. The zero-order valence-electron chi connectivity index (χ0n) is 24.9. The van der Waals surface area contributed by atoms with Crippen molar-refractivity contribution in [3.05, 3.63) is 160 Å². The van der Waals surface area contributed by atoms with E-state index >= 15 is 4.79 Å². The van der Waals surface area contributed by atoms with Crippen LogP contribution in [-0.2, 0) is 16.1 Å². The third kappa shape index (κ3) is 3.01. The molecule has 3 saturated heterocycles. The highest BCUT2D eigenvalue weighted by Crippen LogP contribution is 2.76. The number of carbonyl (C=O) groups excluding carboxylic acids is 1. The topological polar surface area (TPSA) is 52.6 Å². The van der Waals surface area contributed by atoms with Crippen molar-refractivity contribution >= 4 is 22.6 Å². The Morgan fingerprint density at radius 3 is 2.14 bits per heavy atom. The van der Waals surface area contributed by atoms with Gasteiger partial charge in [-0.3, -0.25) is 15.0 Å². The van der Waals surface area contributed by atoms with Gasteiger partial charge < -0.3 is 5.11 Å². The average molecular weight is 575 g/mol. The highest BCUT2D eigenvalue weighted by Gasteiger charge is 2.85. The van der Waals surface area contributed by atoms with E-state index in [0.717, 1.165) is 44.2 Å². The summed E-state index contributed by atoms with van der Waals surface area (Å²) in [6.07, 6.45) is 2.06. The van der Waals surface area contributed by atoms with Crippen LogP contribution >= 0.6 is 0 Å². The lowest BCUT2D eigenvalue weighted by Crippen LogP contribution is -2.59. The Morgan fingerprint density at radius 2 is 1.43 bits per heavy atom. The largest absolute Gasteiger partial charge is 0.369 e. The summed E-state index contributed by atoms with van der Waals surface area (Å²) < 4.78 is 0. The maximum Gasteiger partial charge on any atom is 0.170 e. The molecule has 0 amide bonds. The van der Waals surface area contributed by atoms with Gasteiger partial charge in [-0.05, 0) is 52.9 Å². The lowest BCUT2D eigenvalue weighted by molar-refractivity contribution is -0.139. The van der Waals surface area contributed by atoms with E-state index in [4.69, 9.17) is 0 Å². The minimum atomic E-state index is -1.42. The molecule has 1 unspecified atom stereocenters. The summed E-state index contributed by atoms with van der Waals surface area (Å²) in [4.78, 5) is 17.8. The fourth-order valence-corrected chi connectivity index (χ4v) is 9.35. The number of carbonyl (C=O) groups is 1. The number of aryl methyl sites for hydroxylation is 2. The predicted molar refractivity (Wildman–Crippen MR) is 174 cm³/mol. The second kappa shape index (κ2) is 8.86. The van der Waals surface area contributed by atoms with Gasteiger partial charge in [-0.25, -0.2) is 0 Å². The van der Waals surface area contributed by atoms with Crippen LogP contribution in [0.25, 0.3) is 16.8 Å². The molecule has 4 nitrogen and oxygen atoms in total. The molecule has 44 heavy (non-hydrogen) atoms. The lowest BCUT2D eigenvalue weighted by Gasteiger charge is -2.44. The van der Waals surface area contributed by atoms with Crippen LogP contribution in [-0.4, -0.2) is 28.9 Å². The number of rotatable bonds is 3. The molecule has 5 aromatic carbocycles. The van der Waals surface area contributed by atoms with Crippen molar-refractivity contribution in [1.82, 2.24) is 10.2 Å². The van der Waals surface area contributed by atoms with E-state index in [1.54, 1.807) is 0 Å². The van der Waals surface area contributed by atoms with E-state index in [2.05, 4.69) is 133 Å². The van der Waals surface area contributed by atoms with Crippen molar-refractivity contribution < 1.29 is 9.90 Å². The van der Waals surface area contributed by atoms with Gasteiger partial charge in [0.05, 0.1) is 5.41 Å². The van der Waals surface area contributed by atoms with Gasteiger partial charge in [0.25, 0.3) is 0 Å². The molecule has 2 N–H and O–H groups in total. The Morgan fingerprint density at radius 1 is 0.773 bits per heavy atom. The summed E-state index contributed by atoms with van der Waals surface area (Å²) in [5, 5.41) is 19.7. The Kier molecular flexibility index (Phi) is 5.25. The minimum Gasteiger partial charge on any atom is -0.369 e. The first-order valence-corrected chi connectivity index (χ1v) is 15.6. The third-order valence-electron chi connectivity index (χ3n) is 11.1. The summed E-state index contributed by atoms with van der Waals surface area (Å²) in [6.45, 7) is 5.03. The van der Waals surface area contributed by atoms with Gasteiger partial charge in [0.2, 0.25) is 0 Å². The molecule has 216 valence electrons. The van der Waals surface area contributed by atoms with Gasteiger partial charge in [0, 0.05) is 36.2 Å². The molecule has 2 spiro atoms. The smallest absolute Gasteiger partial charge is 0.170 e. The number of nitrogens with zero attached hydrogens (tertiary/aromatic N) is 1. The number of piperidine rings is 1. The molecule has 3 heterocycles. The van der Waals surface area contributed by atoms with Crippen molar-refractivity contribution in [3.63, 3.8) is 0 Å². The normalized spacial score (nSPS) is 32.3. The van der Waals surface area contributed by atoms with E-state index < -0.39 is 16.7 Å². The van der Waals surface area contributed by atoms with Crippen LogP contribution in [0.15, 0.2) is 121 Å².